The standard InChI is InChI=1S/C25H27F3O2/c1-16(2)21-10-5-6-11-22(21)24(25(26,27)28)23(18(4)30)14-20-9-7-8-19(13-20)12-17(3)15-29/h5-11,13,15-17H,12,14H2,1-4H3/b24-23+. The maximum Gasteiger partial charge on any atom is 0.417 e. The number of benzene rings is 2. The second kappa shape index (κ2) is 9.88. The zero-order valence-electron chi connectivity index (χ0n) is 17.7. The van der Waals surface area contributed by atoms with E-state index in [2.05, 4.69) is 0 Å². The van der Waals surface area contributed by atoms with E-state index in [4.69, 9.17) is 0 Å². The molecule has 1 unspecified atom stereocenters. The van der Waals surface area contributed by atoms with Crippen molar-refractivity contribution in [1.29, 1.82) is 0 Å². The van der Waals surface area contributed by atoms with Crippen molar-refractivity contribution in [3.8, 4) is 0 Å². The topological polar surface area (TPSA) is 34.1 Å². The van der Waals surface area contributed by atoms with Crippen LogP contribution in [0.15, 0.2) is 54.1 Å². The van der Waals surface area contributed by atoms with Gasteiger partial charge in [-0.15, -0.1) is 0 Å². The monoisotopic (exact) mass is 416 g/mol. The molecule has 0 spiro atoms. The molecule has 0 aliphatic carbocycles. The highest BCUT2D eigenvalue weighted by Gasteiger charge is 2.39. The highest BCUT2D eigenvalue weighted by atomic mass is 19.4. The minimum atomic E-state index is -4.67. The summed E-state index contributed by atoms with van der Waals surface area (Å²) in [6, 6.07) is 13.4. The van der Waals surface area contributed by atoms with Gasteiger partial charge in [0.2, 0.25) is 0 Å². The summed E-state index contributed by atoms with van der Waals surface area (Å²) in [5.41, 5.74) is 0.945. The van der Waals surface area contributed by atoms with Crippen molar-refractivity contribution in [2.45, 2.75) is 52.6 Å². The molecule has 0 saturated heterocycles. The van der Waals surface area contributed by atoms with E-state index in [1.165, 1.54) is 13.0 Å². The second-order valence-corrected chi connectivity index (χ2v) is 7.96. The van der Waals surface area contributed by atoms with Gasteiger partial charge in [0.15, 0.2) is 5.78 Å². The van der Waals surface area contributed by atoms with Crippen LogP contribution in [0.5, 0.6) is 0 Å². The Hall–Kier alpha value is -2.69. The summed E-state index contributed by atoms with van der Waals surface area (Å²) >= 11 is 0. The third kappa shape index (κ3) is 5.91. The van der Waals surface area contributed by atoms with Crippen molar-refractivity contribution < 1.29 is 22.8 Å². The largest absolute Gasteiger partial charge is 0.417 e. The van der Waals surface area contributed by atoms with Gasteiger partial charge < -0.3 is 4.79 Å². The van der Waals surface area contributed by atoms with Crippen LogP contribution in [0.3, 0.4) is 0 Å². The summed E-state index contributed by atoms with van der Waals surface area (Å²) in [6.07, 6.45) is -3.45. The van der Waals surface area contributed by atoms with Crippen molar-refractivity contribution >= 4 is 17.6 Å². The number of Topliss-reactive ketones (excluding diaryl/α,β-unsaturated/α-hetero) is 1. The molecule has 30 heavy (non-hydrogen) atoms. The first kappa shape index (κ1) is 23.6. The molecule has 2 nitrogen and oxygen atoms in total. The molecular weight excluding hydrogens is 389 g/mol. The van der Waals surface area contributed by atoms with Crippen LogP contribution in [0.2, 0.25) is 0 Å². The van der Waals surface area contributed by atoms with E-state index in [1.54, 1.807) is 43.3 Å². The van der Waals surface area contributed by atoms with Crippen molar-refractivity contribution in [1.82, 2.24) is 0 Å². The van der Waals surface area contributed by atoms with Gasteiger partial charge in [-0.1, -0.05) is 69.3 Å². The van der Waals surface area contributed by atoms with Crippen LogP contribution >= 0.6 is 0 Å². The summed E-state index contributed by atoms with van der Waals surface area (Å²) in [5.74, 6) is -0.917. The smallest absolute Gasteiger partial charge is 0.303 e. The molecule has 2 rings (SSSR count). The number of ketones is 1. The van der Waals surface area contributed by atoms with E-state index in [0.717, 1.165) is 11.8 Å². The van der Waals surface area contributed by atoms with Crippen LogP contribution < -0.4 is 0 Å². The number of allylic oxidation sites excluding steroid dienone is 2. The number of carbonyl (C=O) groups excluding carboxylic acids is 2. The van der Waals surface area contributed by atoms with Gasteiger partial charge in [0.25, 0.3) is 0 Å². The number of aldehydes is 1. The third-order valence-corrected chi connectivity index (χ3v) is 5.02. The molecule has 0 bridgehead atoms. The molecule has 2 aromatic rings. The lowest BCUT2D eigenvalue weighted by Gasteiger charge is -2.21. The quantitative estimate of drug-likeness (QED) is 0.372. The molecule has 0 aliphatic heterocycles. The van der Waals surface area contributed by atoms with Gasteiger partial charge in [0.1, 0.15) is 6.29 Å². The normalized spacial score (nSPS) is 13.7. The molecular formula is C25H27F3O2. The zero-order chi connectivity index (χ0) is 22.5. The lowest BCUT2D eigenvalue weighted by molar-refractivity contribution is -0.114. The van der Waals surface area contributed by atoms with Crippen LogP contribution in [-0.4, -0.2) is 18.2 Å². The van der Waals surface area contributed by atoms with E-state index in [1.807, 2.05) is 19.9 Å². The van der Waals surface area contributed by atoms with Crippen molar-refractivity contribution in [3.05, 3.63) is 76.4 Å². The molecule has 0 radical (unpaired) electrons. The van der Waals surface area contributed by atoms with Crippen LogP contribution in [0, 0.1) is 5.92 Å². The Morgan fingerprint density at radius 2 is 1.63 bits per heavy atom. The van der Waals surface area contributed by atoms with E-state index >= 15 is 0 Å². The SMILES string of the molecule is CC(=O)/C(Cc1cccc(CC(C)C=O)c1)=C(\c1ccccc1C(C)C)C(F)(F)F. The number of rotatable bonds is 8. The molecule has 0 heterocycles. The predicted octanol–water partition coefficient (Wildman–Crippen LogP) is 6.34. The molecule has 0 aromatic heterocycles. The Balaban J connectivity index is 2.63. The predicted molar refractivity (Wildman–Crippen MR) is 113 cm³/mol. The first-order valence-electron chi connectivity index (χ1n) is 9.98. The molecule has 0 aliphatic rings. The number of hydrogen-bond donors (Lipinski definition) is 0. The van der Waals surface area contributed by atoms with Crippen LogP contribution in [-0.2, 0) is 22.4 Å². The van der Waals surface area contributed by atoms with E-state index in [-0.39, 0.29) is 29.4 Å². The second-order valence-electron chi connectivity index (χ2n) is 7.96. The van der Waals surface area contributed by atoms with Gasteiger partial charge in [-0.25, -0.2) is 0 Å². The summed E-state index contributed by atoms with van der Waals surface area (Å²) in [4.78, 5) is 23.3. The average Bonchev–Trinajstić information content (AvgIpc) is 2.66. The summed E-state index contributed by atoms with van der Waals surface area (Å²) in [5, 5.41) is 0. The minimum Gasteiger partial charge on any atom is -0.303 e. The fraction of sp³-hybridized carbons (Fsp3) is 0.360. The van der Waals surface area contributed by atoms with Crippen molar-refractivity contribution in [3.63, 3.8) is 0 Å². The van der Waals surface area contributed by atoms with Crippen LogP contribution in [0.1, 0.15) is 55.9 Å². The molecule has 2 aromatic carbocycles. The Morgan fingerprint density at radius 3 is 2.20 bits per heavy atom. The number of alkyl halides is 3. The molecule has 1 atom stereocenters. The van der Waals surface area contributed by atoms with Gasteiger partial charge in [-0.05, 0) is 41.5 Å². The highest BCUT2D eigenvalue weighted by molar-refractivity contribution is 6.02. The lowest BCUT2D eigenvalue weighted by Crippen LogP contribution is -2.19. The van der Waals surface area contributed by atoms with Crippen molar-refractivity contribution in [2.75, 3.05) is 0 Å². The summed E-state index contributed by atoms with van der Waals surface area (Å²) < 4.78 is 42.6. The average molecular weight is 416 g/mol. The molecule has 0 amide bonds. The fourth-order valence-electron chi connectivity index (χ4n) is 3.59. The maximum absolute atomic E-state index is 14.2. The van der Waals surface area contributed by atoms with Gasteiger partial charge in [-0.3, -0.25) is 4.79 Å². The Bertz CT molecular complexity index is 939. The zero-order valence-corrected chi connectivity index (χ0v) is 17.7. The first-order chi connectivity index (χ1) is 14.0. The maximum atomic E-state index is 14.2. The number of hydrogen-bond acceptors (Lipinski definition) is 2. The number of carbonyl (C=O) groups is 2. The van der Waals surface area contributed by atoms with E-state index in [0.29, 0.717) is 17.5 Å². The van der Waals surface area contributed by atoms with Crippen LogP contribution in [0.4, 0.5) is 13.2 Å². The van der Waals surface area contributed by atoms with Gasteiger partial charge in [0, 0.05) is 17.9 Å². The lowest BCUT2D eigenvalue weighted by atomic mass is 9.86. The fourth-order valence-corrected chi connectivity index (χ4v) is 3.59. The van der Waals surface area contributed by atoms with Crippen molar-refractivity contribution in [2.24, 2.45) is 5.92 Å². The molecule has 0 saturated carbocycles. The molecule has 0 N–H and O–H groups in total. The first-order valence-corrected chi connectivity index (χ1v) is 9.98. The molecule has 5 heteroatoms. The van der Waals surface area contributed by atoms with Gasteiger partial charge >= 0.3 is 6.18 Å². The van der Waals surface area contributed by atoms with Gasteiger partial charge in [-0.2, -0.15) is 13.2 Å². The van der Waals surface area contributed by atoms with Gasteiger partial charge in [0.05, 0.1) is 5.57 Å². The Kier molecular flexibility index (Phi) is 7.77. The molecule has 160 valence electrons. The number of halogens is 3. The summed E-state index contributed by atoms with van der Waals surface area (Å²) in [6.45, 7) is 6.62. The minimum absolute atomic E-state index is 0.0518. The Morgan fingerprint density at radius 1 is 1.00 bits per heavy atom. The van der Waals surface area contributed by atoms with E-state index in [9.17, 15) is 22.8 Å². The highest BCUT2D eigenvalue weighted by Crippen LogP contribution is 2.40. The molecule has 0 fully saturated rings. The van der Waals surface area contributed by atoms with Crippen LogP contribution in [0.25, 0.3) is 5.57 Å². The Labute approximate surface area is 175 Å². The summed E-state index contributed by atoms with van der Waals surface area (Å²) in [7, 11) is 0. The van der Waals surface area contributed by atoms with E-state index < -0.39 is 17.5 Å². The third-order valence-electron chi connectivity index (χ3n) is 5.02.